The molecule has 1 aromatic carbocycles. The average Bonchev–Trinajstić information content (AvgIpc) is 3.95. The zero-order valence-corrected chi connectivity index (χ0v) is 30.7. The van der Waals surface area contributed by atoms with E-state index in [4.69, 9.17) is 9.47 Å². The Hall–Kier alpha value is -4.20. The lowest BCUT2D eigenvalue weighted by atomic mass is 9.77. The smallest absolute Gasteiger partial charge is 0.259 e. The number of rotatable bonds is 12. The van der Waals surface area contributed by atoms with E-state index in [-0.39, 0.29) is 31.7 Å². The molecule has 1 aromatic heterocycles. The number of fused-ring (bicyclic) bond motifs is 1. The fourth-order valence-electron chi connectivity index (χ4n) is 6.52. The Balaban J connectivity index is 1.44. The monoisotopic (exact) mass is 711 g/mol. The zero-order chi connectivity index (χ0) is 36.8. The van der Waals surface area contributed by atoms with Crippen molar-refractivity contribution in [3.05, 3.63) is 43.1 Å². The fourth-order valence-corrected chi connectivity index (χ4v) is 7.88. The molecular weight excluding hydrogens is 662 g/mol. The van der Waals surface area contributed by atoms with Crippen LogP contribution in [-0.4, -0.2) is 84.1 Å². The predicted octanol–water partition coefficient (Wildman–Crippen LogP) is 3.23. The first-order chi connectivity index (χ1) is 23.3. The maximum Gasteiger partial charge on any atom is 0.259 e. The van der Waals surface area contributed by atoms with E-state index >= 15 is 0 Å². The van der Waals surface area contributed by atoms with Gasteiger partial charge in [-0.1, -0.05) is 26.8 Å². The Morgan fingerprint density at radius 2 is 1.82 bits per heavy atom. The Morgan fingerprint density at radius 3 is 2.40 bits per heavy atom. The third-order valence-corrected chi connectivity index (χ3v) is 11.4. The number of carbonyl (C=O) groups excluding carboxylic acids is 4. The van der Waals surface area contributed by atoms with Crippen molar-refractivity contribution >= 4 is 44.4 Å². The Morgan fingerprint density at radius 1 is 1.12 bits per heavy atom. The number of methoxy groups -OCH3 is 1. The molecule has 0 unspecified atom stereocenters. The summed E-state index contributed by atoms with van der Waals surface area (Å²) in [6, 6.07) is 6.19. The van der Waals surface area contributed by atoms with E-state index in [1.165, 1.54) is 11.0 Å². The van der Waals surface area contributed by atoms with E-state index < -0.39 is 73.5 Å². The van der Waals surface area contributed by atoms with E-state index in [1.54, 1.807) is 19.4 Å². The molecule has 4 amide bonds. The lowest BCUT2D eigenvalue weighted by Gasteiger charge is -2.35. The summed E-state index contributed by atoms with van der Waals surface area (Å²) in [7, 11) is -2.31. The fraction of sp³-hybridized carbons (Fsp3) is 0.583. The van der Waals surface area contributed by atoms with Crippen molar-refractivity contribution in [2.75, 3.05) is 13.7 Å². The number of ether oxygens (including phenoxy) is 2. The van der Waals surface area contributed by atoms with Crippen LogP contribution in [0.15, 0.2) is 43.1 Å². The number of nitrogens with zero attached hydrogens (tertiary/aromatic N) is 2. The summed E-state index contributed by atoms with van der Waals surface area (Å²) in [4.78, 5) is 61.2. The van der Waals surface area contributed by atoms with Crippen molar-refractivity contribution in [2.45, 2.75) is 102 Å². The minimum Gasteiger partial charge on any atom is -0.497 e. The number of aromatic nitrogens is 1. The van der Waals surface area contributed by atoms with Gasteiger partial charge >= 0.3 is 0 Å². The standard InChI is InChI=1S/C36H49N5O8S/c1-9-22-19-36(22,33(45)40-50(46,47)25-11-12-25)39-30(43)28-17-24(49-31-26-13-10-23(48-8)16-21(26)14-15-37-31)20-41(28)32(44)27(34(2,3)4)18-29(42)38-35(5,6)7/h9-10,13-16,22,24-25,27-28H,1,11-12,17-20H2,2-8H3,(H,38,42)(H,39,43)(H,40,45)/t22-,24-,27-,28+,36-/m1/s1. The van der Waals surface area contributed by atoms with Gasteiger partial charge in [0.25, 0.3) is 5.91 Å². The molecule has 1 saturated heterocycles. The zero-order valence-electron chi connectivity index (χ0n) is 29.9. The van der Waals surface area contributed by atoms with Crippen LogP contribution in [0.3, 0.4) is 0 Å². The van der Waals surface area contributed by atoms with E-state index in [1.807, 2.05) is 59.7 Å². The third-order valence-electron chi connectivity index (χ3n) is 9.56. The molecule has 0 radical (unpaired) electrons. The van der Waals surface area contributed by atoms with Crippen LogP contribution in [-0.2, 0) is 29.2 Å². The lowest BCUT2D eigenvalue weighted by molar-refractivity contribution is -0.147. The number of benzene rings is 1. The molecule has 3 aliphatic rings. The first-order valence-electron chi connectivity index (χ1n) is 17.0. The highest BCUT2D eigenvalue weighted by Crippen LogP contribution is 2.46. The Labute approximate surface area is 294 Å². The second-order valence-electron chi connectivity index (χ2n) is 15.8. The lowest BCUT2D eigenvalue weighted by Crippen LogP contribution is -2.57. The van der Waals surface area contributed by atoms with Crippen molar-refractivity contribution in [3.63, 3.8) is 0 Å². The highest BCUT2D eigenvalue weighted by atomic mass is 32.2. The van der Waals surface area contributed by atoms with E-state index in [0.29, 0.717) is 29.9 Å². The first-order valence-corrected chi connectivity index (χ1v) is 18.5. The van der Waals surface area contributed by atoms with Gasteiger partial charge in [0.2, 0.25) is 33.6 Å². The van der Waals surface area contributed by atoms with Gasteiger partial charge in [-0.3, -0.25) is 23.9 Å². The number of hydrogen-bond acceptors (Lipinski definition) is 9. The molecule has 272 valence electrons. The van der Waals surface area contributed by atoms with Gasteiger partial charge in [-0.15, -0.1) is 6.58 Å². The number of hydrogen-bond donors (Lipinski definition) is 3. The highest BCUT2D eigenvalue weighted by Gasteiger charge is 2.62. The predicted molar refractivity (Wildman–Crippen MR) is 188 cm³/mol. The number of sulfonamides is 1. The molecule has 5 rings (SSSR count). The van der Waals surface area contributed by atoms with Crippen molar-refractivity contribution in [1.82, 2.24) is 25.2 Å². The summed E-state index contributed by atoms with van der Waals surface area (Å²) >= 11 is 0. The number of amides is 4. The molecule has 5 atom stereocenters. The Kier molecular flexibility index (Phi) is 10.0. The van der Waals surface area contributed by atoms with Crippen molar-refractivity contribution in [1.29, 1.82) is 0 Å². The van der Waals surface area contributed by atoms with Crippen molar-refractivity contribution in [3.8, 4) is 11.6 Å². The summed E-state index contributed by atoms with van der Waals surface area (Å²) in [5, 5.41) is 6.64. The minimum absolute atomic E-state index is 0.0127. The van der Waals surface area contributed by atoms with Gasteiger partial charge in [-0.05, 0) is 75.1 Å². The quantitative estimate of drug-likeness (QED) is 0.280. The van der Waals surface area contributed by atoms with Gasteiger partial charge in [-0.25, -0.2) is 13.4 Å². The molecule has 3 fully saturated rings. The van der Waals surface area contributed by atoms with Gasteiger partial charge in [-0.2, -0.15) is 0 Å². The van der Waals surface area contributed by atoms with Crippen LogP contribution < -0.4 is 24.8 Å². The van der Waals surface area contributed by atoms with Gasteiger partial charge in [0.05, 0.1) is 24.8 Å². The molecule has 2 saturated carbocycles. The third kappa shape index (κ3) is 8.06. The van der Waals surface area contributed by atoms with Crippen molar-refractivity contribution < 1.29 is 37.1 Å². The first kappa shape index (κ1) is 37.1. The molecule has 14 heteroatoms. The number of carbonyl (C=O) groups is 4. The van der Waals surface area contributed by atoms with Crippen LogP contribution in [0.4, 0.5) is 0 Å². The summed E-state index contributed by atoms with van der Waals surface area (Å²) in [6.07, 6.45) is 3.50. The van der Waals surface area contributed by atoms with Gasteiger partial charge in [0.15, 0.2) is 0 Å². The largest absolute Gasteiger partial charge is 0.497 e. The van der Waals surface area contributed by atoms with Gasteiger partial charge in [0, 0.05) is 35.9 Å². The van der Waals surface area contributed by atoms with Gasteiger partial charge in [0.1, 0.15) is 23.4 Å². The number of likely N-dealkylation sites (tertiary alicyclic amines) is 1. The highest BCUT2D eigenvalue weighted by molar-refractivity contribution is 7.91. The molecule has 13 nitrogen and oxygen atoms in total. The summed E-state index contributed by atoms with van der Waals surface area (Å²) in [5.41, 5.74) is -2.70. The number of pyridine rings is 1. The van der Waals surface area contributed by atoms with Crippen LogP contribution >= 0.6 is 0 Å². The topological polar surface area (TPSA) is 173 Å². The molecule has 2 heterocycles. The Bertz CT molecular complexity index is 1800. The van der Waals surface area contributed by atoms with Crippen LogP contribution in [0.25, 0.3) is 10.8 Å². The molecule has 2 aliphatic carbocycles. The summed E-state index contributed by atoms with van der Waals surface area (Å²) < 4.78 is 39.2. The summed E-state index contributed by atoms with van der Waals surface area (Å²) in [6.45, 7) is 15.0. The van der Waals surface area contributed by atoms with E-state index in [9.17, 15) is 27.6 Å². The van der Waals surface area contributed by atoms with Crippen LogP contribution in [0, 0.1) is 17.3 Å². The van der Waals surface area contributed by atoms with E-state index in [2.05, 4.69) is 26.9 Å². The second-order valence-corrected chi connectivity index (χ2v) is 17.7. The van der Waals surface area contributed by atoms with Crippen LogP contribution in [0.2, 0.25) is 0 Å². The van der Waals surface area contributed by atoms with Crippen molar-refractivity contribution in [2.24, 2.45) is 17.3 Å². The molecule has 1 aliphatic heterocycles. The van der Waals surface area contributed by atoms with Crippen LogP contribution in [0.5, 0.6) is 11.6 Å². The molecular formula is C36H49N5O8S. The molecule has 2 aromatic rings. The molecule has 0 spiro atoms. The second kappa shape index (κ2) is 13.5. The minimum atomic E-state index is -3.88. The molecule has 50 heavy (non-hydrogen) atoms. The number of nitrogens with one attached hydrogen (secondary N) is 3. The molecule has 0 bridgehead atoms. The SMILES string of the molecule is C=C[C@@H]1C[C@]1(NC(=O)[C@@H]1C[C@@H](Oc2nccc3cc(OC)ccc23)CN1C(=O)[C@@H](CC(=O)NC(C)(C)C)C(C)(C)C)C(=O)NS(=O)(=O)C1CC1. The van der Waals surface area contributed by atoms with Crippen LogP contribution in [0.1, 0.15) is 73.6 Å². The average molecular weight is 712 g/mol. The van der Waals surface area contributed by atoms with Gasteiger partial charge < -0.3 is 25.0 Å². The van der Waals surface area contributed by atoms with E-state index in [0.717, 1.165) is 5.39 Å². The summed E-state index contributed by atoms with van der Waals surface area (Å²) in [5.74, 6) is -2.49. The maximum atomic E-state index is 14.5. The molecule has 3 N–H and O–H groups in total. The maximum absolute atomic E-state index is 14.5. The normalized spacial score (nSPS) is 24.2.